The molecule has 1 amide bonds. The molecule has 12 N–H and O–H groups in total. The van der Waals surface area contributed by atoms with Crippen LogP contribution < -0.4 is 5.32 Å². The first-order valence-electron chi connectivity index (χ1n) is 35.0. The van der Waals surface area contributed by atoms with Crippen LogP contribution in [-0.2, 0) is 33.2 Å². The number of aliphatic hydroxyl groups is 11. The summed E-state index contributed by atoms with van der Waals surface area (Å²) in [6.07, 6.45) is 42.8. The predicted octanol–water partition coefficient (Wildman–Crippen LogP) is 9.27. The van der Waals surface area contributed by atoms with Gasteiger partial charge in [0.2, 0.25) is 5.91 Å². The fraction of sp³-hybridized carbons (Fsp3) is 0.764. The standard InChI is InChI=1S/C72H123NO18/c1-3-5-7-9-11-13-15-16-17-18-19-20-21-22-23-24-25-26-27-28-29-30-31-32-33-34-35-36-37-38-40-42-44-46-48-50-60(78)73-55(56(77)49-47-45-43-41-39-14-12-10-8-6-4-2)54-86-70-66(84)63(81)68(58(52-75)88-70)91-72-67(85)64(82)69(59(53-76)89-72)90-71-65(83)62(80)61(79)57(51-74)87-71/h5,7-8,10-11,13,16-17,19-20,22-23,39,41,47,49,55-59,61-72,74-77,79-85H,3-4,6,9,12,14-15,18,21,24-38,40,42-46,48,50-54H2,1-2H3,(H,73,78)/b7-5-,10-8+,13-11-,17-16-,20-19-,23-22-,41-39+,49-47+. The van der Waals surface area contributed by atoms with E-state index < -0.39 is 124 Å². The molecule has 0 aromatic rings. The average molecular weight is 1290 g/mol. The maximum Gasteiger partial charge on any atom is 0.220 e. The maximum atomic E-state index is 13.4. The summed E-state index contributed by atoms with van der Waals surface area (Å²) in [7, 11) is 0. The highest BCUT2D eigenvalue weighted by Gasteiger charge is 2.53. The quantitative estimate of drug-likeness (QED) is 0.0199. The van der Waals surface area contributed by atoms with E-state index in [0.717, 1.165) is 83.5 Å². The highest BCUT2D eigenvalue weighted by Crippen LogP contribution is 2.33. The number of aliphatic hydroxyl groups excluding tert-OH is 11. The van der Waals surface area contributed by atoms with Crippen molar-refractivity contribution in [3.63, 3.8) is 0 Å². The average Bonchev–Trinajstić information content (AvgIpc) is 1.05. The van der Waals surface area contributed by atoms with Crippen molar-refractivity contribution in [2.45, 2.75) is 324 Å². The Morgan fingerprint density at radius 3 is 1.22 bits per heavy atom. The van der Waals surface area contributed by atoms with Gasteiger partial charge >= 0.3 is 0 Å². The van der Waals surface area contributed by atoms with E-state index in [1.807, 2.05) is 6.08 Å². The number of nitrogens with one attached hydrogen (secondary N) is 1. The summed E-state index contributed by atoms with van der Waals surface area (Å²) < 4.78 is 34.2. The van der Waals surface area contributed by atoms with Crippen LogP contribution in [-0.4, -0.2) is 193 Å². The van der Waals surface area contributed by atoms with E-state index in [1.165, 1.54) is 103 Å². The zero-order chi connectivity index (χ0) is 66.1. The van der Waals surface area contributed by atoms with Gasteiger partial charge in [0.1, 0.15) is 73.2 Å². The Morgan fingerprint density at radius 1 is 0.407 bits per heavy atom. The molecule has 19 nitrogen and oxygen atoms in total. The van der Waals surface area contributed by atoms with Crippen LogP contribution in [0.15, 0.2) is 97.2 Å². The predicted molar refractivity (Wildman–Crippen MR) is 355 cm³/mol. The minimum atomic E-state index is -1.98. The number of unbranched alkanes of at least 4 members (excludes halogenated alkanes) is 22. The minimum absolute atomic E-state index is 0.229. The van der Waals surface area contributed by atoms with Crippen LogP contribution in [0.3, 0.4) is 0 Å². The van der Waals surface area contributed by atoms with Gasteiger partial charge in [-0.1, -0.05) is 227 Å². The first-order valence-corrected chi connectivity index (χ1v) is 35.0. The highest BCUT2D eigenvalue weighted by molar-refractivity contribution is 5.76. The topological polar surface area (TPSA) is 307 Å². The summed E-state index contributed by atoms with van der Waals surface area (Å²) in [5.41, 5.74) is 0. The van der Waals surface area contributed by atoms with Gasteiger partial charge in [-0.2, -0.15) is 0 Å². The molecule has 19 heteroatoms. The molecule has 17 unspecified atom stereocenters. The number of ether oxygens (including phenoxy) is 6. The van der Waals surface area contributed by atoms with Crippen LogP contribution in [0, 0.1) is 0 Å². The van der Waals surface area contributed by atoms with Crippen LogP contribution >= 0.6 is 0 Å². The Balaban J connectivity index is 1.33. The Kier molecular flexibility index (Phi) is 47.7. The van der Waals surface area contributed by atoms with Crippen molar-refractivity contribution in [2.75, 3.05) is 26.4 Å². The molecule has 3 saturated heterocycles. The van der Waals surface area contributed by atoms with Gasteiger partial charge < -0.3 is 89.9 Å². The van der Waals surface area contributed by atoms with E-state index in [0.29, 0.717) is 12.8 Å². The largest absolute Gasteiger partial charge is 0.394 e. The molecule has 0 aliphatic carbocycles. The Labute approximate surface area is 545 Å². The van der Waals surface area contributed by atoms with Gasteiger partial charge in [0, 0.05) is 6.42 Å². The maximum absolute atomic E-state index is 13.4. The molecule has 0 saturated carbocycles. The van der Waals surface area contributed by atoms with Crippen molar-refractivity contribution in [1.29, 1.82) is 0 Å². The molecule has 0 aromatic carbocycles. The Hall–Kier alpha value is -3.29. The molecular formula is C72H123NO18. The molecule has 0 aromatic heterocycles. The van der Waals surface area contributed by atoms with Gasteiger partial charge in [-0.15, -0.1) is 0 Å². The van der Waals surface area contributed by atoms with Crippen molar-refractivity contribution in [3.05, 3.63) is 97.2 Å². The van der Waals surface area contributed by atoms with Crippen LogP contribution in [0.4, 0.5) is 0 Å². The zero-order valence-corrected chi connectivity index (χ0v) is 55.3. The molecule has 17 atom stereocenters. The second-order valence-corrected chi connectivity index (χ2v) is 24.6. The monoisotopic (exact) mass is 1290 g/mol. The number of hydrogen-bond donors (Lipinski definition) is 12. The number of allylic oxidation sites excluding steroid dienone is 15. The summed E-state index contributed by atoms with van der Waals surface area (Å²) >= 11 is 0. The number of hydrogen-bond acceptors (Lipinski definition) is 18. The number of carbonyl (C=O) groups is 1. The Bertz CT molecular complexity index is 2030. The lowest BCUT2D eigenvalue weighted by Gasteiger charge is -2.48. The SMILES string of the molecule is CC/C=C\C/C=C\C/C=C\C/C=C\C/C=C\CCCCCCCCCCCCCCCCCCCCCC(=O)NC(COC1OC(CO)C(OC2OC(CO)C(OC3OC(CO)C(O)C(O)C3O)C(O)C2O)C(O)C1O)C(O)/C=C/CC/C=C/CC/C=C/CCC. The lowest BCUT2D eigenvalue weighted by molar-refractivity contribution is -0.379. The van der Waals surface area contributed by atoms with Crippen LogP contribution in [0.2, 0.25) is 0 Å². The molecule has 0 spiro atoms. The summed E-state index contributed by atoms with van der Waals surface area (Å²) in [5.74, 6) is -0.293. The molecule has 3 aliphatic rings. The van der Waals surface area contributed by atoms with Gasteiger partial charge in [-0.05, 0) is 83.5 Å². The number of carbonyl (C=O) groups excluding carboxylic acids is 1. The molecule has 524 valence electrons. The van der Waals surface area contributed by atoms with Gasteiger partial charge in [0.05, 0.1) is 38.6 Å². The van der Waals surface area contributed by atoms with E-state index in [-0.39, 0.29) is 18.9 Å². The molecule has 0 bridgehead atoms. The fourth-order valence-electron chi connectivity index (χ4n) is 11.2. The van der Waals surface area contributed by atoms with Crippen molar-refractivity contribution in [3.8, 4) is 0 Å². The fourth-order valence-corrected chi connectivity index (χ4v) is 11.2. The van der Waals surface area contributed by atoms with Crippen molar-refractivity contribution >= 4 is 5.91 Å². The van der Waals surface area contributed by atoms with E-state index in [2.05, 4.69) is 104 Å². The second-order valence-electron chi connectivity index (χ2n) is 24.6. The summed E-state index contributed by atoms with van der Waals surface area (Å²) in [6, 6.07) is -0.998. The molecule has 3 fully saturated rings. The molecule has 0 radical (unpaired) electrons. The molecule has 91 heavy (non-hydrogen) atoms. The zero-order valence-electron chi connectivity index (χ0n) is 55.3. The van der Waals surface area contributed by atoms with Crippen molar-refractivity contribution in [2.24, 2.45) is 0 Å². The molecule has 3 aliphatic heterocycles. The summed E-state index contributed by atoms with van der Waals surface area (Å²) in [5, 5.41) is 120. The highest BCUT2D eigenvalue weighted by atomic mass is 16.8. The molecule has 3 heterocycles. The van der Waals surface area contributed by atoms with Crippen molar-refractivity contribution in [1.82, 2.24) is 5.32 Å². The van der Waals surface area contributed by atoms with Gasteiger partial charge in [0.25, 0.3) is 0 Å². The molecule has 3 rings (SSSR count). The smallest absolute Gasteiger partial charge is 0.220 e. The van der Waals surface area contributed by atoms with Crippen molar-refractivity contribution < 1.29 is 89.4 Å². The lowest BCUT2D eigenvalue weighted by atomic mass is 9.96. The van der Waals surface area contributed by atoms with Crippen LogP contribution in [0.5, 0.6) is 0 Å². The minimum Gasteiger partial charge on any atom is -0.394 e. The first kappa shape index (κ1) is 81.9. The number of rotatable bonds is 52. The van der Waals surface area contributed by atoms with E-state index in [9.17, 15) is 61.0 Å². The van der Waals surface area contributed by atoms with Gasteiger partial charge in [-0.3, -0.25) is 4.79 Å². The van der Waals surface area contributed by atoms with Gasteiger partial charge in [-0.25, -0.2) is 0 Å². The third kappa shape index (κ3) is 34.8. The second kappa shape index (κ2) is 52.9. The summed E-state index contributed by atoms with van der Waals surface area (Å²) in [6.45, 7) is 1.49. The molecular weight excluding hydrogens is 1170 g/mol. The third-order valence-electron chi connectivity index (χ3n) is 16.8. The number of amides is 1. The van der Waals surface area contributed by atoms with E-state index in [1.54, 1.807) is 6.08 Å². The van der Waals surface area contributed by atoms with Crippen LogP contribution in [0.1, 0.15) is 219 Å². The van der Waals surface area contributed by atoms with E-state index >= 15 is 0 Å². The lowest BCUT2D eigenvalue weighted by Crippen LogP contribution is -2.66. The van der Waals surface area contributed by atoms with E-state index in [4.69, 9.17) is 28.4 Å². The van der Waals surface area contributed by atoms with Crippen LogP contribution in [0.25, 0.3) is 0 Å². The summed E-state index contributed by atoms with van der Waals surface area (Å²) in [4.78, 5) is 13.4. The Morgan fingerprint density at radius 2 is 0.769 bits per heavy atom. The normalized spacial score (nSPS) is 28.5. The van der Waals surface area contributed by atoms with Gasteiger partial charge in [0.15, 0.2) is 18.9 Å². The first-order chi connectivity index (χ1) is 44.3. The third-order valence-corrected chi connectivity index (χ3v) is 16.8.